The third-order valence-corrected chi connectivity index (χ3v) is 2.47. The minimum Gasteiger partial charge on any atom is -0.370 e. The maximum absolute atomic E-state index is 5.79. The highest BCUT2D eigenvalue weighted by Gasteiger charge is 2.26. The van der Waals surface area contributed by atoms with Crippen LogP contribution in [0, 0.1) is 0 Å². The van der Waals surface area contributed by atoms with Crippen molar-refractivity contribution in [1.29, 1.82) is 0 Å². The van der Waals surface area contributed by atoms with E-state index in [1.165, 1.54) is 5.57 Å². The maximum Gasteiger partial charge on any atom is 0.0821 e. The van der Waals surface area contributed by atoms with E-state index in [1.807, 2.05) is 6.08 Å². The van der Waals surface area contributed by atoms with Crippen LogP contribution in [0.4, 0.5) is 0 Å². The smallest absolute Gasteiger partial charge is 0.0821 e. The molecule has 0 bridgehead atoms. The number of ether oxygens (including phenoxy) is 1. The van der Waals surface area contributed by atoms with Gasteiger partial charge < -0.3 is 9.57 Å². The highest BCUT2D eigenvalue weighted by molar-refractivity contribution is 5.10. The number of hydrogen-bond acceptors (Lipinski definition) is 3. The topological polar surface area (TPSA) is 44.5 Å². The van der Waals surface area contributed by atoms with Crippen LogP contribution < -0.4 is 5.90 Å². The van der Waals surface area contributed by atoms with Crippen molar-refractivity contribution >= 4 is 0 Å². The SMILES string of the molecule is C=CC[C@@H]1O[C@@H](CCCON)CC1=C. The van der Waals surface area contributed by atoms with Crippen molar-refractivity contribution in [2.24, 2.45) is 5.90 Å². The van der Waals surface area contributed by atoms with Gasteiger partial charge in [-0.05, 0) is 31.3 Å². The fourth-order valence-electron chi connectivity index (χ4n) is 1.74. The Labute approximate surface area is 85.5 Å². The number of nitrogens with two attached hydrogens (primary N) is 1. The zero-order valence-corrected chi connectivity index (χ0v) is 8.58. The van der Waals surface area contributed by atoms with E-state index < -0.39 is 0 Å². The van der Waals surface area contributed by atoms with E-state index in [4.69, 9.17) is 10.6 Å². The van der Waals surface area contributed by atoms with Crippen molar-refractivity contribution in [2.45, 2.75) is 37.9 Å². The summed E-state index contributed by atoms with van der Waals surface area (Å²) in [6.45, 7) is 8.30. The number of rotatable bonds is 6. The molecule has 1 saturated heterocycles. The summed E-state index contributed by atoms with van der Waals surface area (Å²) in [4.78, 5) is 4.51. The van der Waals surface area contributed by atoms with Gasteiger partial charge in [0, 0.05) is 0 Å². The van der Waals surface area contributed by atoms with Gasteiger partial charge >= 0.3 is 0 Å². The zero-order valence-electron chi connectivity index (χ0n) is 8.58. The molecule has 1 aliphatic rings. The Balaban J connectivity index is 2.24. The normalized spacial score (nSPS) is 26.8. The molecule has 0 aromatic heterocycles. The van der Waals surface area contributed by atoms with Gasteiger partial charge in [-0.2, -0.15) is 0 Å². The lowest BCUT2D eigenvalue weighted by Gasteiger charge is -2.11. The van der Waals surface area contributed by atoms with E-state index in [2.05, 4.69) is 18.0 Å². The van der Waals surface area contributed by atoms with E-state index in [-0.39, 0.29) is 6.10 Å². The molecule has 0 spiro atoms. The molecule has 1 heterocycles. The molecule has 2 N–H and O–H groups in total. The summed E-state index contributed by atoms with van der Waals surface area (Å²) in [7, 11) is 0. The first-order valence-electron chi connectivity index (χ1n) is 5.03. The average Bonchev–Trinajstić information content (AvgIpc) is 2.49. The molecular formula is C11H19NO2. The van der Waals surface area contributed by atoms with Crippen LogP contribution in [0.1, 0.15) is 25.7 Å². The van der Waals surface area contributed by atoms with Crippen LogP contribution in [-0.2, 0) is 9.57 Å². The molecule has 3 heteroatoms. The second kappa shape index (κ2) is 5.96. The van der Waals surface area contributed by atoms with Crippen LogP contribution in [0.2, 0.25) is 0 Å². The molecule has 1 fully saturated rings. The maximum atomic E-state index is 5.79. The van der Waals surface area contributed by atoms with E-state index in [9.17, 15) is 0 Å². The monoisotopic (exact) mass is 197 g/mol. The lowest BCUT2D eigenvalue weighted by Crippen LogP contribution is -2.12. The van der Waals surface area contributed by atoms with Crippen LogP contribution in [0.25, 0.3) is 0 Å². The van der Waals surface area contributed by atoms with Gasteiger partial charge in [0.25, 0.3) is 0 Å². The molecule has 3 nitrogen and oxygen atoms in total. The lowest BCUT2D eigenvalue weighted by molar-refractivity contribution is 0.0400. The standard InChI is InChI=1S/C11H19NO2/c1-3-5-11-9(2)8-10(14-11)6-4-7-13-12/h3,10-11H,1-2,4-8,12H2/t10-,11-/m0/s1. The number of hydrogen-bond donors (Lipinski definition) is 1. The summed E-state index contributed by atoms with van der Waals surface area (Å²) in [6.07, 6.45) is 6.10. The third kappa shape index (κ3) is 3.25. The zero-order chi connectivity index (χ0) is 10.4. The molecule has 1 rings (SSSR count). The van der Waals surface area contributed by atoms with Crippen molar-refractivity contribution in [3.63, 3.8) is 0 Å². The van der Waals surface area contributed by atoms with E-state index in [0.29, 0.717) is 12.7 Å². The van der Waals surface area contributed by atoms with Gasteiger partial charge in [0.1, 0.15) is 0 Å². The minimum absolute atomic E-state index is 0.177. The summed E-state index contributed by atoms with van der Waals surface area (Å²) >= 11 is 0. The Morgan fingerprint density at radius 2 is 2.43 bits per heavy atom. The molecular weight excluding hydrogens is 178 g/mol. The minimum atomic E-state index is 0.177. The van der Waals surface area contributed by atoms with Crippen LogP contribution in [0.15, 0.2) is 24.8 Å². The van der Waals surface area contributed by atoms with Crippen molar-refractivity contribution < 1.29 is 9.57 Å². The average molecular weight is 197 g/mol. The Hall–Kier alpha value is -0.640. The molecule has 14 heavy (non-hydrogen) atoms. The van der Waals surface area contributed by atoms with Crippen molar-refractivity contribution in [3.8, 4) is 0 Å². The largest absolute Gasteiger partial charge is 0.370 e. The lowest BCUT2D eigenvalue weighted by atomic mass is 10.0. The van der Waals surface area contributed by atoms with Gasteiger partial charge in [-0.1, -0.05) is 12.7 Å². The Kier molecular flexibility index (Phi) is 4.87. The molecule has 80 valence electrons. The molecule has 0 saturated carbocycles. The van der Waals surface area contributed by atoms with Crippen LogP contribution in [0.3, 0.4) is 0 Å². The third-order valence-electron chi connectivity index (χ3n) is 2.47. The second-order valence-corrected chi connectivity index (χ2v) is 3.65. The fraction of sp³-hybridized carbons (Fsp3) is 0.636. The first-order valence-corrected chi connectivity index (χ1v) is 5.03. The molecule has 0 unspecified atom stereocenters. The highest BCUT2D eigenvalue weighted by Crippen LogP contribution is 2.29. The molecule has 0 aromatic carbocycles. The summed E-state index contributed by atoms with van der Waals surface area (Å²) in [5.41, 5.74) is 1.18. The molecule has 1 aliphatic heterocycles. The van der Waals surface area contributed by atoms with Crippen molar-refractivity contribution in [1.82, 2.24) is 0 Å². The molecule has 0 radical (unpaired) electrons. The molecule has 0 aliphatic carbocycles. The molecule has 0 aromatic rings. The van der Waals surface area contributed by atoms with E-state index in [1.54, 1.807) is 0 Å². The van der Waals surface area contributed by atoms with Crippen molar-refractivity contribution in [2.75, 3.05) is 6.61 Å². The summed E-state index contributed by atoms with van der Waals surface area (Å²) < 4.78 is 5.79. The highest BCUT2D eigenvalue weighted by atomic mass is 16.6. The van der Waals surface area contributed by atoms with Gasteiger partial charge in [0.15, 0.2) is 0 Å². The van der Waals surface area contributed by atoms with E-state index >= 15 is 0 Å². The predicted molar refractivity (Wildman–Crippen MR) is 56.6 cm³/mol. The van der Waals surface area contributed by atoms with Crippen LogP contribution >= 0.6 is 0 Å². The van der Waals surface area contributed by atoms with Gasteiger partial charge in [-0.25, -0.2) is 5.90 Å². The molecule has 0 amide bonds. The quantitative estimate of drug-likeness (QED) is 0.402. The first-order chi connectivity index (χ1) is 6.77. The second-order valence-electron chi connectivity index (χ2n) is 3.65. The van der Waals surface area contributed by atoms with Gasteiger partial charge in [-0.3, -0.25) is 0 Å². The van der Waals surface area contributed by atoms with Gasteiger partial charge in [0.05, 0.1) is 18.8 Å². The summed E-state index contributed by atoms with van der Waals surface area (Å²) in [5, 5.41) is 0. The van der Waals surface area contributed by atoms with E-state index in [0.717, 1.165) is 25.7 Å². The Morgan fingerprint density at radius 1 is 1.64 bits per heavy atom. The van der Waals surface area contributed by atoms with Gasteiger partial charge in [0.2, 0.25) is 0 Å². The van der Waals surface area contributed by atoms with Crippen molar-refractivity contribution in [3.05, 3.63) is 24.8 Å². The summed E-state index contributed by atoms with van der Waals surface area (Å²) in [5.74, 6) is 4.94. The Bertz CT molecular complexity index is 203. The fourth-order valence-corrected chi connectivity index (χ4v) is 1.74. The molecule has 2 atom stereocenters. The predicted octanol–water partition coefficient (Wildman–Crippen LogP) is 1.95. The van der Waals surface area contributed by atoms with Crippen LogP contribution in [-0.4, -0.2) is 18.8 Å². The van der Waals surface area contributed by atoms with Gasteiger partial charge in [-0.15, -0.1) is 6.58 Å². The van der Waals surface area contributed by atoms with Crippen LogP contribution in [0.5, 0.6) is 0 Å². The Morgan fingerprint density at radius 3 is 3.07 bits per heavy atom. The first kappa shape index (κ1) is 11.4. The summed E-state index contributed by atoms with van der Waals surface area (Å²) in [6, 6.07) is 0.